The van der Waals surface area contributed by atoms with Crippen molar-refractivity contribution < 1.29 is 9.59 Å². The van der Waals surface area contributed by atoms with Crippen molar-refractivity contribution in [1.82, 2.24) is 15.1 Å². The molecular formula is C9H17N3O2. The molecule has 5 nitrogen and oxygen atoms in total. The first-order chi connectivity index (χ1) is 6.74. The van der Waals surface area contributed by atoms with Crippen molar-refractivity contribution in [2.45, 2.75) is 6.92 Å². The van der Waals surface area contributed by atoms with Crippen LogP contribution in [-0.2, 0) is 9.59 Å². The summed E-state index contributed by atoms with van der Waals surface area (Å²) < 4.78 is 0. The number of hydrogen-bond acceptors (Lipinski definition) is 3. The molecule has 1 rings (SSSR count). The van der Waals surface area contributed by atoms with Crippen molar-refractivity contribution in [1.29, 1.82) is 0 Å². The summed E-state index contributed by atoms with van der Waals surface area (Å²) in [4.78, 5) is 25.1. The molecule has 2 amide bonds. The molecule has 1 N–H and O–H groups in total. The Labute approximate surface area is 84.0 Å². The molecule has 0 radical (unpaired) electrons. The maximum Gasteiger partial charge on any atom is 0.219 e. The van der Waals surface area contributed by atoms with Crippen molar-refractivity contribution >= 4 is 12.3 Å². The maximum absolute atomic E-state index is 11.0. The Hall–Kier alpha value is -1.10. The maximum atomic E-state index is 11.0. The molecule has 1 aliphatic heterocycles. The summed E-state index contributed by atoms with van der Waals surface area (Å²) in [6.07, 6.45) is 0.714. The lowest BCUT2D eigenvalue weighted by atomic mass is 10.3. The largest absolute Gasteiger partial charge is 0.357 e. The summed E-state index contributed by atoms with van der Waals surface area (Å²) in [5, 5.41) is 2.63. The molecule has 0 aromatic carbocycles. The molecule has 0 aromatic rings. The third-order valence-corrected chi connectivity index (χ3v) is 2.47. The van der Waals surface area contributed by atoms with Crippen LogP contribution in [0.4, 0.5) is 0 Å². The van der Waals surface area contributed by atoms with E-state index in [1.165, 1.54) is 0 Å². The summed E-state index contributed by atoms with van der Waals surface area (Å²) in [7, 11) is 0. The van der Waals surface area contributed by atoms with Gasteiger partial charge in [-0.15, -0.1) is 0 Å². The average molecular weight is 199 g/mol. The molecule has 5 heteroatoms. The van der Waals surface area contributed by atoms with Gasteiger partial charge in [-0.05, 0) is 0 Å². The van der Waals surface area contributed by atoms with E-state index in [0.717, 1.165) is 32.7 Å². The highest BCUT2D eigenvalue weighted by molar-refractivity contribution is 5.73. The van der Waals surface area contributed by atoms with E-state index < -0.39 is 0 Å². The summed E-state index contributed by atoms with van der Waals surface area (Å²) in [6, 6.07) is 0. The highest BCUT2D eigenvalue weighted by Crippen LogP contribution is 2.00. The topological polar surface area (TPSA) is 52.7 Å². The molecule has 80 valence electrons. The summed E-state index contributed by atoms with van der Waals surface area (Å²) in [5.74, 6) is 0.149. The zero-order chi connectivity index (χ0) is 10.4. The fourth-order valence-electron chi connectivity index (χ4n) is 1.57. The van der Waals surface area contributed by atoms with Crippen molar-refractivity contribution in [3.8, 4) is 0 Å². The number of nitrogens with zero attached hydrogens (tertiary/aromatic N) is 2. The van der Waals surface area contributed by atoms with E-state index in [2.05, 4.69) is 10.2 Å². The van der Waals surface area contributed by atoms with Crippen molar-refractivity contribution in [2.75, 3.05) is 39.3 Å². The predicted molar refractivity (Wildman–Crippen MR) is 52.8 cm³/mol. The Kier molecular flexibility index (Phi) is 4.39. The molecule has 0 spiro atoms. The molecule has 0 aliphatic carbocycles. The van der Waals surface area contributed by atoms with Crippen LogP contribution in [0, 0.1) is 0 Å². The van der Waals surface area contributed by atoms with Crippen LogP contribution in [0.1, 0.15) is 6.92 Å². The molecular weight excluding hydrogens is 182 g/mol. The first-order valence-electron chi connectivity index (χ1n) is 4.89. The molecule has 1 heterocycles. The van der Waals surface area contributed by atoms with Gasteiger partial charge in [0.25, 0.3) is 0 Å². The number of amides is 2. The zero-order valence-corrected chi connectivity index (χ0v) is 8.53. The number of hydrogen-bond donors (Lipinski definition) is 1. The van der Waals surface area contributed by atoms with Gasteiger partial charge in [-0.25, -0.2) is 0 Å². The predicted octanol–water partition coefficient (Wildman–Crippen LogP) is -1.10. The first-order valence-corrected chi connectivity index (χ1v) is 4.89. The minimum Gasteiger partial charge on any atom is -0.357 e. The lowest BCUT2D eigenvalue weighted by molar-refractivity contribution is -0.130. The minimum atomic E-state index is 0.149. The SMILES string of the molecule is CC(=O)N1CCN(CCNC=O)CC1. The Morgan fingerprint density at radius 3 is 2.50 bits per heavy atom. The van der Waals surface area contributed by atoms with Gasteiger partial charge in [-0.2, -0.15) is 0 Å². The summed E-state index contributed by atoms with van der Waals surface area (Å²) in [5.41, 5.74) is 0. The monoisotopic (exact) mass is 199 g/mol. The van der Waals surface area contributed by atoms with Gasteiger partial charge >= 0.3 is 0 Å². The quantitative estimate of drug-likeness (QED) is 0.462. The van der Waals surface area contributed by atoms with E-state index in [-0.39, 0.29) is 5.91 Å². The second-order valence-electron chi connectivity index (χ2n) is 3.42. The van der Waals surface area contributed by atoms with E-state index in [9.17, 15) is 9.59 Å². The van der Waals surface area contributed by atoms with Crippen LogP contribution in [0.25, 0.3) is 0 Å². The summed E-state index contributed by atoms with van der Waals surface area (Å²) in [6.45, 7) is 6.56. The van der Waals surface area contributed by atoms with Crippen LogP contribution in [0.2, 0.25) is 0 Å². The van der Waals surface area contributed by atoms with Gasteiger partial charge in [0.1, 0.15) is 0 Å². The molecule has 0 unspecified atom stereocenters. The number of rotatable bonds is 4. The number of carbonyl (C=O) groups is 2. The van der Waals surface area contributed by atoms with Crippen LogP contribution in [0.5, 0.6) is 0 Å². The summed E-state index contributed by atoms with van der Waals surface area (Å²) >= 11 is 0. The molecule has 1 fully saturated rings. The van der Waals surface area contributed by atoms with Crippen LogP contribution in [0.15, 0.2) is 0 Å². The highest BCUT2D eigenvalue weighted by atomic mass is 16.2. The zero-order valence-electron chi connectivity index (χ0n) is 8.53. The second kappa shape index (κ2) is 5.59. The van der Waals surface area contributed by atoms with E-state index in [1.54, 1.807) is 6.92 Å². The first kappa shape index (κ1) is 11.0. The van der Waals surface area contributed by atoms with Gasteiger partial charge in [-0.1, -0.05) is 0 Å². The molecule has 0 bridgehead atoms. The van der Waals surface area contributed by atoms with Gasteiger partial charge < -0.3 is 10.2 Å². The van der Waals surface area contributed by atoms with Gasteiger partial charge in [0.15, 0.2) is 0 Å². The van der Waals surface area contributed by atoms with Crippen LogP contribution < -0.4 is 5.32 Å². The second-order valence-corrected chi connectivity index (χ2v) is 3.42. The average Bonchev–Trinajstić information content (AvgIpc) is 2.19. The van der Waals surface area contributed by atoms with Crippen LogP contribution >= 0.6 is 0 Å². The highest BCUT2D eigenvalue weighted by Gasteiger charge is 2.17. The van der Waals surface area contributed by atoms with Crippen LogP contribution in [-0.4, -0.2) is 61.4 Å². The molecule has 0 atom stereocenters. The molecule has 1 saturated heterocycles. The Bertz CT molecular complexity index is 200. The minimum absolute atomic E-state index is 0.149. The Morgan fingerprint density at radius 1 is 1.36 bits per heavy atom. The smallest absolute Gasteiger partial charge is 0.219 e. The Balaban J connectivity index is 2.15. The van der Waals surface area contributed by atoms with E-state index in [4.69, 9.17) is 0 Å². The number of piperazine rings is 1. The van der Waals surface area contributed by atoms with E-state index in [1.807, 2.05) is 4.90 Å². The van der Waals surface area contributed by atoms with Crippen LogP contribution in [0.3, 0.4) is 0 Å². The molecule has 0 saturated carbocycles. The molecule has 14 heavy (non-hydrogen) atoms. The number of carbonyl (C=O) groups excluding carboxylic acids is 2. The van der Waals surface area contributed by atoms with E-state index in [0.29, 0.717) is 13.0 Å². The van der Waals surface area contributed by atoms with Crippen molar-refractivity contribution in [2.24, 2.45) is 0 Å². The lowest BCUT2D eigenvalue weighted by Gasteiger charge is -2.33. The molecule has 1 aliphatic rings. The van der Waals surface area contributed by atoms with Gasteiger partial charge in [0.2, 0.25) is 12.3 Å². The third kappa shape index (κ3) is 3.33. The normalized spacial score (nSPS) is 17.9. The fraction of sp³-hybridized carbons (Fsp3) is 0.778. The lowest BCUT2D eigenvalue weighted by Crippen LogP contribution is -2.49. The van der Waals surface area contributed by atoms with Gasteiger partial charge in [0, 0.05) is 46.2 Å². The van der Waals surface area contributed by atoms with Crippen molar-refractivity contribution in [3.63, 3.8) is 0 Å². The standard InChI is InChI=1S/C9H17N3O2/c1-9(14)12-6-4-11(5-7-12)3-2-10-8-13/h8H,2-7H2,1H3,(H,10,13). The molecule has 0 aromatic heterocycles. The van der Waals surface area contributed by atoms with E-state index >= 15 is 0 Å². The van der Waals surface area contributed by atoms with Gasteiger partial charge in [-0.3, -0.25) is 14.5 Å². The number of nitrogens with one attached hydrogen (secondary N) is 1. The fourth-order valence-corrected chi connectivity index (χ4v) is 1.57. The Morgan fingerprint density at radius 2 is 2.00 bits per heavy atom. The third-order valence-electron chi connectivity index (χ3n) is 2.47. The van der Waals surface area contributed by atoms with Gasteiger partial charge in [0.05, 0.1) is 0 Å². The van der Waals surface area contributed by atoms with Crippen molar-refractivity contribution in [3.05, 3.63) is 0 Å².